The van der Waals surface area contributed by atoms with Gasteiger partial charge in [-0.25, -0.2) is 4.39 Å². The standard InChI is InChI=1S/C19H23FN2/c1-3-22(18-11-12-18)19-6-4-5-15(13-19)14-21(2)17-9-7-16(20)8-10-17/h4-10,13,18H,3,11-12,14H2,1-2H3. The van der Waals surface area contributed by atoms with Crippen LogP contribution < -0.4 is 9.80 Å². The van der Waals surface area contributed by atoms with Gasteiger partial charge in [0.15, 0.2) is 0 Å². The molecule has 0 spiro atoms. The smallest absolute Gasteiger partial charge is 0.123 e. The van der Waals surface area contributed by atoms with Gasteiger partial charge in [-0.2, -0.15) is 0 Å². The van der Waals surface area contributed by atoms with Gasteiger partial charge in [0.05, 0.1) is 0 Å². The fourth-order valence-corrected chi connectivity index (χ4v) is 2.93. The number of anilines is 2. The molecule has 0 saturated heterocycles. The van der Waals surface area contributed by atoms with Crippen LogP contribution in [-0.2, 0) is 6.54 Å². The molecule has 0 N–H and O–H groups in total. The minimum atomic E-state index is -0.192. The minimum absolute atomic E-state index is 0.192. The molecular weight excluding hydrogens is 275 g/mol. The molecule has 0 aromatic heterocycles. The van der Waals surface area contributed by atoms with E-state index in [0.717, 1.165) is 24.8 Å². The van der Waals surface area contributed by atoms with E-state index in [2.05, 4.69) is 41.0 Å². The van der Waals surface area contributed by atoms with Gasteiger partial charge < -0.3 is 9.80 Å². The van der Waals surface area contributed by atoms with Crippen LogP contribution in [0.25, 0.3) is 0 Å². The summed E-state index contributed by atoms with van der Waals surface area (Å²) in [6, 6.07) is 16.2. The van der Waals surface area contributed by atoms with Gasteiger partial charge in [-0.1, -0.05) is 12.1 Å². The van der Waals surface area contributed by atoms with Crippen LogP contribution in [0.5, 0.6) is 0 Å². The maximum absolute atomic E-state index is 13.0. The highest BCUT2D eigenvalue weighted by molar-refractivity contribution is 5.52. The molecular formula is C19H23FN2. The van der Waals surface area contributed by atoms with Crippen molar-refractivity contribution in [1.29, 1.82) is 0 Å². The van der Waals surface area contributed by atoms with Crippen LogP contribution in [0.2, 0.25) is 0 Å². The van der Waals surface area contributed by atoms with E-state index in [1.807, 2.05) is 19.2 Å². The Bertz CT molecular complexity index is 620. The third kappa shape index (κ3) is 3.41. The predicted molar refractivity (Wildman–Crippen MR) is 91.0 cm³/mol. The summed E-state index contributed by atoms with van der Waals surface area (Å²) in [6.45, 7) is 4.10. The molecule has 1 saturated carbocycles. The first-order valence-electron chi connectivity index (χ1n) is 7.99. The van der Waals surface area contributed by atoms with Gasteiger partial charge in [0.25, 0.3) is 0 Å². The molecule has 0 heterocycles. The lowest BCUT2D eigenvalue weighted by atomic mass is 10.1. The van der Waals surface area contributed by atoms with E-state index in [9.17, 15) is 4.39 Å². The molecule has 1 aliphatic carbocycles. The van der Waals surface area contributed by atoms with Gasteiger partial charge in [-0.05, 0) is 61.7 Å². The maximum atomic E-state index is 13.0. The first-order chi connectivity index (χ1) is 10.7. The fourth-order valence-electron chi connectivity index (χ4n) is 2.93. The Morgan fingerprint density at radius 1 is 1.05 bits per heavy atom. The van der Waals surface area contributed by atoms with E-state index in [1.165, 1.54) is 36.2 Å². The highest BCUT2D eigenvalue weighted by atomic mass is 19.1. The van der Waals surface area contributed by atoms with Crippen LogP contribution >= 0.6 is 0 Å². The Kier molecular flexibility index (Phi) is 4.32. The number of benzene rings is 2. The highest BCUT2D eigenvalue weighted by Crippen LogP contribution is 2.32. The lowest BCUT2D eigenvalue weighted by Gasteiger charge is -2.24. The van der Waals surface area contributed by atoms with Gasteiger partial charge in [-0.15, -0.1) is 0 Å². The zero-order valence-corrected chi connectivity index (χ0v) is 13.3. The summed E-state index contributed by atoms with van der Waals surface area (Å²) in [7, 11) is 2.04. The summed E-state index contributed by atoms with van der Waals surface area (Å²) in [5.41, 5.74) is 3.62. The number of halogens is 1. The van der Waals surface area contributed by atoms with Gasteiger partial charge in [0.2, 0.25) is 0 Å². The molecule has 3 heteroatoms. The lowest BCUT2D eigenvalue weighted by molar-refractivity contribution is 0.627. The summed E-state index contributed by atoms with van der Waals surface area (Å²) in [6.07, 6.45) is 2.63. The molecule has 0 radical (unpaired) electrons. The molecule has 0 unspecified atom stereocenters. The molecule has 2 aromatic carbocycles. The summed E-state index contributed by atoms with van der Waals surface area (Å²) in [5, 5.41) is 0. The molecule has 0 bridgehead atoms. The second kappa shape index (κ2) is 6.39. The minimum Gasteiger partial charge on any atom is -0.370 e. The lowest BCUT2D eigenvalue weighted by Crippen LogP contribution is -2.25. The first-order valence-corrected chi connectivity index (χ1v) is 7.99. The van der Waals surface area contributed by atoms with E-state index in [1.54, 1.807) is 0 Å². The number of hydrogen-bond donors (Lipinski definition) is 0. The molecule has 0 atom stereocenters. The second-order valence-electron chi connectivity index (χ2n) is 6.02. The maximum Gasteiger partial charge on any atom is 0.123 e. The molecule has 1 aliphatic rings. The van der Waals surface area contributed by atoms with Crippen molar-refractivity contribution in [3.8, 4) is 0 Å². The molecule has 2 nitrogen and oxygen atoms in total. The van der Waals surface area contributed by atoms with Crippen molar-refractivity contribution < 1.29 is 4.39 Å². The van der Waals surface area contributed by atoms with Crippen LogP contribution in [0, 0.1) is 5.82 Å². The van der Waals surface area contributed by atoms with Crippen LogP contribution in [0.1, 0.15) is 25.3 Å². The van der Waals surface area contributed by atoms with E-state index < -0.39 is 0 Å². The number of hydrogen-bond acceptors (Lipinski definition) is 2. The van der Waals surface area contributed by atoms with Gasteiger partial charge in [0, 0.05) is 37.6 Å². The van der Waals surface area contributed by atoms with Crippen LogP contribution in [0.15, 0.2) is 48.5 Å². The average Bonchev–Trinajstić information content (AvgIpc) is 3.34. The normalized spacial score (nSPS) is 14.0. The van der Waals surface area contributed by atoms with Crippen molar-refractivity contribution in [3.63, 3.8) is 0 Å². The first kappa shape index (κ1) is 14.9. The van der Waals surface area contributed by atoms with Crippen LogP contribution in [0.3, 0.4) is 0 Å². The topological polar surface area (TPSA) is 6.48 Å². The van der Waals surface area contributed by atoms with Gasteiger partial charge >= 0.3 is 0 Å². The zero-order valence-electron chi connectivity index (χ0n) is 13.3. The van der Waals surface area contributed by atoms with E-state index in [4.69, 9.17) is 0 Å². The van der Waals surface area contributed by atoms with E-state index >= 15 is 0 Å². The summed E-state index contributed by atoms with van der Waals surface area (Å²) in [5.74, 6) is -0.192. The Morgan fingerprint density at radius 2 is 1.77 bits per heavy atom. The van der Waals surface area contributed by atoms with Crippen molar-refractivity contribution in [2.45, 2.75) is 32.4 Å². The largest absolute Gasteiger partial charge is 0.370 e. The molecule has 1 fully saturated rings. The average molecular weight is 298 g/mol. The van der Waals surface area contributed by atoms with Crippen molar-refractivity contribution in [2.24, 2.45) is 0 Å². The summed E-state index contributed by atoms with van der Waals surface area (Å²) < 4.78 is 13.0. The summed E-state index contributed by atoms with van der Waals surface area (Å²) in [4.78, 5) is 4.63. The van der Waals surface area contributed by atoms with Gasteiger partial charge in [0.1, 0.15) is 5.82 Å². The van der Waals surface area contributed by atoms with Crippen molar-refractivity contribution in [1.82, 2.24) is 0 Å². The van der Waals surface area contributed by atoms with Crippen molar-refractivity contribution in [2.75, 3.05) is 23.4 Å². The quantitative estimate of drug-likeness (QED) is 0.777. The third-order valence-electron chi connectivity index (χ3n) is 4.26. The SMILES string of the molecule is CCN(c1cccc(CN(C)c2ccc(F)cc2)c1)C1CC1. The fraction of sp³-hybridized carbons (Fsp3) is 0.368. The van der Waals surface area contributed by atoms with Gasteiger partial charge in [-0.3, -0.25) is 0 Å². The van der Waals surface area contributed by atoms with E-state index in [-0.39, 0.29) is 5.82 Å². The molecule has 2 aromatic rings. The highest BCUT2D eigenvalue weighted by Gasteiger charge is 2.28. The zero-order chi connectivity index (χ0) is 15.5. The molecule has 3 rings (SSSR count). The molecule has 116 valence electrons. The van der Waals surface area contributed by atoms with Crippen LogP contribution in [-0.4, -0.2) is 19.6 Å². The monoisotopic (exact) mass is 298 g/mol. The Morgan fingerprint density at radius 3 is 2.41 bits per heavy atom. The van der Waals surface area contributed by atoms with Crippen molar-refractivity contribution >= 4 is 11.4 Å². The molecule has 0 aliphatic heterocycles. The van der Waals surface area contributed by atoms with Crippen LogP contribution in [0.4, 0.5) is 15.8 Å². The van der Waals surface area contributed by atoms with Crippen molar-refractivity contribution in [3.05, 3.63) is 59.9 Å². The molecule has 0 amide bonds. The Balaban J connectivity index is 1.73. The second-order valence-corrected chi connectivity index (χ2v) is 6.02. The Labute approximate surface area is 132 Å². The summed E-state index contributed by atoms with van der Waals surface area (Å²) >= 11 is 0. The Hall–Kier alpha value is -2.03. The predicted octanol–water partition coefficient (Wildman–Crippen LogP) is 4.45. The number of nitrogens with zero attached hydrogens (tertiary/aromatic N) is 2. The van der Waals surface area contributed by atoms with E-state index in [0.29, 0.717) is 0 Å². The number of rotatable bonds is 6. The molecule has 22 heavy (non-hydrogen) atoms. The third-order valence-corrected chi connectivity index (χ3v) is 4.26.